The first-order chi connectivity index (χ1) is 3.00. The predicted molar refractivity (Wildman–Crippen MR) is 35.7 cm³/mol. The topological polar surface area (TPSA) is 0 Å². The Balaban J connectivity index is -0.000000120. The Hall–Kier alpha value is 1.26. The molecule has 0 nitrogen and oxygen atoms in total. The zero-order valence-electron chi connectivity index (χ0n) is 6.95. The van der Waals surface area contributed by atoms with Crippen LogP contribution in [0.15, 0.2) is 0 Å². The van der Waals surface area contributed by atoms with Crippen molar-refractivity contribution in [3.05, 3.63) is 0 Å². The van der Waals surface area contributed by atoms with E-state index in [4.69, 9.17) is 0 Å². The Morgan fingerprint density at radius 2 is 0.714 bits per heavy atom. The zero-order valence-corrected chi connectivity index (χ0v) is 7.16. The van der Waals surface area contributed by atoms with Crippen molar-refractivity contribution < 1.29 is 2.85 Å². The molecule has 0 aromatic carbocycles. The molecule has 1 heteroatoms. The Labute approximate surface area is 78.6 Å². The fraction of sp³-hybridized carbons (Fsp3) is 1.00. The van der Waals surface area contributed by atoms with Gasteiger partial charge in [-0.1, -0.05) is 38.5 Å². The van der Waals surface area contributed by atoms with Gasteiger partial charge in [-0.2, -0.15) is 0 Å². The molecule has 0 radical (unpaired) electrons. The van der Waals surface area contributed by atoms with Gasteiger partial charge in [-0.15, -0.1) is 0 Å². The van der Waals surface area contributed by atoms with Gasteiger partial charge < -0.3 is 2.85 Å². The Kier molecular flexibility index (Phi) is 6.37. The molecule has 1 aliphatic carbocycles. The summed E-state index contributed by atoms with van der Waals surface area (Å²) in [7, 11) is 0. The van der Waals surface area contributed by atoms with Crippen molar-refractivity contribution in [1.29, 1.82) is 0 Å². The van der Waals surface area contributed by atoms with Crippen molar-refractivity contribution in [1.82, 2.24) is 0 Å². The maximum absolute atomic E-state index is 1.50. The van der Waals surface area contributed by atoms with Gasteiger partial charge in [0, 0.05) is 0 Å². The van der Waals surface area contributed by atoms with Crippen LogP contribution in [0.3, 0.4) is 0 Å². The van der Waals surface area contributed by atoms with Crippen molar-refractivity contribution in [3.8, 4) is 0 Å². The summed E-state index contributed by atoms with van der Waals surface area (Å²) >= 11 is 0. The van der Waals surface area contributed by atoms with E-state index in [1.807, 2.05) is 0 Å². The maximum atomic E-state index is 1.50. The van der Waals surface area contributed by atoms with Crippen LogP contribution >= 0.6 is 0 Å². The fourth-order valence-electron chi connectivity index (χ4n) is 1.06. The molecule has 0 N–H and O–H groups in total. The molecule has 1 rings (SSSR count). The molecular weight excluding hydrogens is 112 g/mol. The third-order valence-electron chi connectivity index (χ3n) is 1.50. The molecule has 0 atom stereocenters. The molecule has 1 aliphatic rings. The van der Waals surface area contributed by atoms with Crippen LogP contribution in [-0.2, 0) is 0 Å². The van der Waals surface area contributed by atoms with E-state index < -0.39 is 0 Å². The SMILES string of the molecule is C1CCCCC1.[Ca+2].[H-].[H-]. The van der Waals surface area contributed by atoms with Gasteiger partial charge in [0.2, 0.25) is 0 Å². The van der Waals surface area contributed by atoms with Crippen LogP contribution in [0.5, 0.6) is 0 Å². The molecule has 0 spiro atoms. The van der Waals surface area contributed by atoms with Gasteiger partial charge in [-0.3, -0.25) is 0 Å². The largest absolute Gasteiger partial charge is 2.00 e. The molecule has 0 saturated heterocycles. The third-order valence-corrected chi connectivity index (χ3v) is 1.50. The summed E-state index contributed by atoms with van der Waals surface area (Å²) in [5.41, 5.74) is 0. The van der Waals surface area contributed by atoms with Crippen molar-refractivity contribution in [2.75, 3.05) is 0 Å². The first kappa shape index (κ1) is 8.26. The third kappa shape index (κ3) is 3.81. The number of hydrogen-bond donors (Lipinski definition) is 0. The minimum Gasteiger partial charge on any atom is -1.00 e. The van der Waals surface area contributed by atoms with Crippen LogP contribution in [0, 0.1) is 0 Å². The number of rotatable bonds is 0. The Bertz CT molecular complexity index is 26.5. The Morgan fingerprint density at radius 3 is 0.857 bits per heavy atom. The van der Waals surface area contributed by atoms with E-state index >= 15 is 0 Å². The van der Waals surface area contributed by atoms with E-state index in [-0.39, 0.29) is 40.6 Å². The summed E-state index contributed by atoms with van der Waals surface area (Å²) < 4.78 is 0. The average Bonchev–Trinajstić information content (AvgIpc) is 1.72. The molecule has 1 fully saturated rings. The maximum Gasteiger partial charge on any atom is 2.00 e. The number of hydrogen-bond acceptors (Lipinski definition) is 0. The summed E-state index contributed by atoms with van der Waals surface area (Å²) in [4.78, 5) is 0. The summed E-state index contributed by atoms with van der Waals surface area (Å²) in [6.45, 7) is 0. The van der Waals surface area contributed by atoms with E-state index in [0.717, 1.165) is 0 Å². The molecule has 0 amide bonds. The van der Waals surface area contributed by atoms with Gasteiger partial charge >= 0.3 is 37.7 Å². The first-order valence-corrected chi connectivity index (χ1v) is 3.00. The van der Waals surface area contributed by atoms with Crippen molar-refractivity contribution in [2.24, 2.45) is 0 Å². The van der Waals surface area contributed by atoms with Crippen LogP contribution in [-0.4, -0.2) is 37.7 Å². The second-order valence-corrected chi connectivity index (χ2v) is 2.12. The molecule has 0 aromatic rings. The van der Waals surface area contributed by atoms with Crippen LogP contribution in [0.1, 0.15) is 41.4 Å². The molecule has 1 saturated carbocycles. The van der Waals surface area contributed by atoms with Crippen LogP contribution in [0.4, 0.5) is 0 Å². The molecule has 0 bridgehead atoms. The van der Waals surface area contributed by atoms with E-state index in [9.17, 15) is 0 Å². The summed E-state index contributed by atoms with van der Waals surface area (Å²) in [5, 5.41) is 0. The fourth-order valence-corrected chi connectivity index (χ4v) is 1.06. The van der Waals surface area contributed by atoms with Crippen molar-refractivity contribution >= 4 is 37.7 Å². The van der Waals surface area contributed by atoms with Crippen LogP contribution < -0.4 is 0 Å². The van der Waals surface area contributed by atoms with Gasteiger partial charge in [0.15, 0.2) is 0 Å². The van der Waals surface area contributed by atoms with Gasteiger partial charge in [-0.25, -0.2) is 0 Å². The van der Waals surface area contributed by atoms with Crippen molar-refractivity contribution in [2.45, 2.75) is 38.5 Å². The Morgan fingerprint density at radius 1 is 0.571 bits per heavy atom. The average molecular weight is 126 g/mol. The normalized spacial score (nSPS) is 20.6. The summed E-state index contributed by atoms with van der Waals surface area (Å²) in [6, 6.07) is 0. The minimum absolute atomic E-state index is 0. The van der Waals surface area contributed by atoms with Crippen LogP contribution in [0.2, 0.25) is 0 Å². The molecule has 7 heavy (non-hydrogen) atoms. The van der Waals surface area contributed by atoms with E-state index in [0.29, 0.717) is 0 Å². The van der Waals surface area contributed by atoms with Crippen LogP contribution in [0.25, 0.3) is 0 Å². The first-order valence-electron chi connectivity index (χ1n) is 3.00. The summed E-state index contributed by atoms with van der Waals surface area (Å²) in [5.74, 6) is 0. The molecule has 0 aliphatic heterocycles. The molecule has 40 valence electrons. The second-order valence-electron chi connectivity index (χ2n) is 2.12. The van der Waals surface area contributed by atoms with E-state index in [1.165, 1.54) is 38.5 Å². The van der Waals surface area contributed by atoms with Gasteiger partial charge in [0.1, 0.15) is 0 Å². The minimum atomic E-state index is 0. The monoisotopic (exact) mass is 126 g/mol. The van der Waals surface area contributed by atoms with Gasteiger partial charge in [0.05, 0.1) is 0 Å². The zero-order chi connectivity index (χ0) is 4.24. The smallest absolute Gasteiger partial charge is 1.00 e. The standard InChI is InChI=1S/C6H12.Ca.2H/c1-2-4-6-5-3-1;;;/h1-6H2;;;/q;+2;2*-1. The predicted octanol–water partition coefficient (Wildman–Crippen LogP) is 2.18. The summed E-state index contributed by atoms with van der Waals surface area (Å²) in [6.07, 6.45) is 9.00. The molecule has 0 unspecified atom stereocenters. The molecular formula is C6H14Ca. The molecule has 0 aromatic heterocycles. The van der Waals surface area contributed by atoms with Gasteiger partial charge in [-0.05, 0) is 0 Å². The van der Waals surface area contributed by atoms with Crippen molar-refractivity contribution in [3.63, 3.8) is 0 Å². The quantitative estimate of drug-likeness (QED) is 0.436. The van der Waals surface area contributed by atoms with Gasteiger partial charge in [0.25, 0.3) is 0 Å². The van der Waals surface area contributed by atoms with E-state index in [1.54, 1.807) is 0 Å². The molecule has 0 heterocycles. The second kappa shape index (κ2) is 5.40. The van der Waals surface area contributed by atoms with E-state index in [2.05, 4.69) is 0 Å².